The standard InChI is InChI=1S/C22H16ClN5O4S/c1-11-6-18-19(26-22(30)21(29)25-18)9-20(11)33(31,32)28-14-3-4-15(16(23)8-14)12-2-5-17-13(7-12)10-24-27-17/h2-10,28H,1H3,(H,24,27)(H,25,29)(H,26,30). The number of hydrogen-bond acceptors (Lipinski definition) is 5. The number of rotatable bonds is 4. The van der Waals surface area contributed by atoms with E-state index >= 15 is 0 Å². The van der Waals surface area contributed by atoms with Crippen molar-refractivity contribution in [3.63, 3.8) is 0 Å². The Morgan fingerprint density at radius 3 is 2.36 bits per heavy atom. The van der Waals surface area contributed by atoms with Crippen LogP contribution in [0.4, 0.5) is 5.69 Å². The molecule has 4 N–H and O–H groups in total. The molecule has 0 unspecified atom stereocenters. The minimum atomic E-state index is -4.01. The number of aromatic amines is 3. The Morgan fingerprint density at radius 2 is 1.64 bits per heavy atom. The van der Waals surface area contributed by atoms with E-state index in [0.717, 1.165) is 22.0 Å². The molecule has 0 aliphatic rings. The lowest BCUT2D eigenvalue weighted by Crippen LogP contribution is -2.29. The Kier molecular flexibility index (Phi) is 4.84. The summed E-state index contributed by atoms with van der Waals surface area (Å²) in [6.07, 6.45) is 1.71. The third-order valence-electron chi connectivity index (χ3n) is 5.28. The van der Waals surface area contributed by atoms with Crippen molar-refractivity contribution in [1.82, 2.24) is 20.2 Å². The summed E-state index contributed by atoms with van der Waals surface area (Å²) in [5.41, 5.74) is 2.05. The van der Waals surface area contributed by atoms with Crippen LogP contribution < -0.4 is 15.8 Å². The first-order valence-electron chi connectivity index (χ1n) is 9.74. The average molecular weight is 482 g/mol. The van der Waals surface area contributed by atoms with E-state index in [1.165, 1.54) is 18.2 Å². The van der Waals surface area contributed by atoms with E-state index in [1.54, 1.807) is 25.3 Å². The summed E-state index contributed by atoms with van der Waals surface area (Å²) in [7, 11) is -4.01. The molecule has 0 bridgehead atoms. The van der Waals surface area contributed by atoms with Crippen molar-refractivity contribution in [2.45, 2.75) is 11.8 Å². The summed E-state index contributed by atoms with van der Waals surface area (Å²) in [5, 5.41) is 8.19. The number of anilines is 1. The van der Waals surface area contributed by atoms with Crippen LogP contribution in [0.2, 0.25) is 5.02 Å². The third kappa shape index (κ3) is 3.79. The van der Waals surface area contributed by atoms with Crippen LogP contribution in [-0.4, -0.2) is 28.6 Å². The topological polar surface area (TPSA) is 141 Å². The van der Waals surface area contributed by atoms with Gasteiger partial charge in [-0.2, -0.15) is 5.10 Å². The maximum Gasteiger partial charge on any atom is 0.314 e. The fourth-order valence-corrected chi connectivity index (χ4v) is 5.27. The lowest BCUT2D eigenvalue weighted by molar-refractivity contribution is 0.600. The zero-order valence-electron chi connectivity index (χ0n) is 17.1. The molecular weight excluding hydrogens is 466 g/mol. The summed E-state index contributed by atoms with van der Waals surface area (Å²) in [5.74, 6) is 0. The van der Waals surface area contributed by atoms with Gasteiger partial charge in [-0.15, -0.1) is 0 Å². The summed E-state index contributed by atoms with van der Waals surface area (Å²) in [6.45, 7) is 1.60. The number of hydrogen-bond donors (Lipinski definition) is 4. The Morgan fingerprint density at radius 1 is 0.909 bits per heavy atom. The van der Waals surface area contributed by atoms with Crippen molar-refractivity contribution in [3.05, 3.63) is 86.0 Å². The van der Waals surface area contributed by atoms with E-state index in [4.69, 9.17) is 11.6 Å². The lowest BCUT2D eigenvalue weighted by atomic mass is 10.0. The molecule has 5 aromatic rings. The van der Waals surface area contributed by atoms with Gasteiger partial charge in [0.2, 0.25) is 0 Å². The minimum Gasteiger partial charge on any atom is -0.316 e. The average Bonchev–Trinajstić information content (AvgIpc) is 3.22. The van der Waals surface area contributed by atoms with Crippen molar-refractivity contribution in [2.24, 2.45) is 0 Å². The van der Waals surface area contributed by atoms with E-state index in [1.807, 2.05) is 18.2 Å². The quantitative estimate of drug-likeness (QED) is 0.291. The second kappa shape index (κ2) is 7.61. The normalized spacial score (nSPS) is 11.8. The number of sulfonamides is 1. The van der Waals surface area contributed by atoms with Crippen LogP contribution in [0.15, 0.2) is 69.2 Å². The summed E-state index contributed by atoms with van der Waals surface area (Å²) >= 11 is 6.47. The van der Waals surface area contributed by atoms with Crippen LogP contribution in [0, 0.1) is 6.92 Å². The molecule has 9 nitrogen and oxygen atoms in total. The first-order valence-corrected chi connectivity index (χ1v) is 11.6. The summed E-state index contributed by atoms with van der Waals surface area (Å²) < 4.78 is 28.7. The van der Waals surface area contributed by atoms with Crippen LogP contribution in [0.25, 0.3) is 33.1 Å². The predicted octanol–water partition coefficient (Wildman–Crippen LogP) is 3.52. The monoisotopic (exact) mass is 481 g/mol. The number of nitrogens with zero attached hydrogens (tertiary/aromatic N) is 1. The molecule has 0 atom stereocenters. The van der Waals surface area contributed by atoms with Crippen molar-refractivity contribution >= 4 is 49.2 Å². The fourth-order valence-electron chi connectivity index (χ4n) is 3.68. The molecule has 3 aromatic carbocycles. The fraction of sp³-hybridized carbons (Fsp3) is 0.0455. The molecule has 0 saturated carbocycles. The Labute approximate surface area is 191 Å². The van der Waals surface area contributed by atoms with Gasteiger partial charge in [-0.3, -0.25) is 19.4 Å². The maximum absolute atomic E-state index is 13.1. The van der Waals surface area contributed by atoms with Crippen LogP contribution in [0.3, 0.4) is 0 Å². The molecule has 166 valence electrons. The first kappa shape index (κ1) is 21.0. The highest BCUT2D eigenvalue weighted by Gasteiger charge is 2.19. The molecule has 0 amide bonds. The van der Waals surface area contributed by atoms with Crippen LogP contribution >= 0.6 is 11.6 Å². The minimum absolute atomic E-state index is 0.0386. The van der Waals surface area contributed by atoms with Crippen LogP contribution in [0.5, 0.6) is 0 Å². The smallest absolute Gasteiger partial charge is 0.314 e. The highest BCUT2D eigenvalue weighted by molar-refractivity contribution is 7.92. The molecule has 0 aliphatic heterocycles. The van der Waals surface area contributed by atoms with E-state index in [0.29, 0.717) is 16.1 Å². The van der Waals surface area contributed by atoms with Gasteiger partial charge in [0.05, 0.1) is 38.4 Å². The summed E-state index contributed by atoms with van der Waals surface area (Å²) in [4.78, 5) is 27.9. The number of fused-ring (bicyclic) bond motifs is 2. The van der Waals surface area contributed by atoms with Crippen molar-refractivity contribution in [1.29, 1.82) is 0 Å². The van der Waals surface area contributed by atoms with Crippen molar-refractivity contribution in [3.8, 4) is 11.1 Å². The Hall–Kier alpha value is -3.89. The van der Waals surface area contributed by atoms with Gasteiger partial charge in [0.25, 0.3) is 10.0 Å². The van der Waals surface area contributed by atoms with E-state index in [2.05, 4.69) is 24.9 Å². The molecule has 0 aliphatic carbocycles. The second-order valence-corrected chi connectivity index (χ2v) is 9.60. The number of aromatic nitrogens is 4. The highest BCUT2D eigenvalue weighted by atomic mass is 35.5. The van der Waals surface area contributed by atoms with Gasteiger partial charge in [0.15, 0.2) is 0 Å². The van der Waals surface area contributed by atoms with Gasteiger partial charge in [-0.1, -0.05) is 23.7 Å². The van der Waals surface area contributed by atoms with Gasteiger partial charge >= 0.3 is 11.1 Å². The molecule has 33 heavy (non-hydrogen) atoms. The largest absolute Gasteiger partial charge is 0.316 e. The van der Waals surface area contributed by atoms with Crippen LogP contribution in [-0.2, 0) is 10.0 Å². The third-order valence-corrected chi connectivity index (χ3v) is 7.12. The second-order valence-electron chi connectivity index (χ2n) is 7.54. The number of aryl methyl sites for hydroxylation is 1. The molecular formula is C22H16ClN5O4S. The molecule has 0 radical (unpaired) electrons. The molecule has 2 heterocycles. The van der Waals surface area contributed by atoms with Gasteiger partial charge in [0, 0.05) is 10.9 Å². The number of benzene rings is 3. The van der Waals surface area contributed by atoms with Crippen molar-refractivity contribution in [2.75, 3.05) is 4.72 Å². The number of H-pyrrole nitrogens is 3. The van der Waals surface area contributed by atoms with Gasteiger partial charge in [0.1, 0.15) is 0 Å². The molecule has 5 rings (SSSR count). The predicted molar refractivity (Wildman–Crippen MR) is 127 cm³/mol. The lowest BCUT2D eigenvalue weighted by Gasteiger charge is -2.13. The van der Waals surface area contributed by atoms with Gasteiger partial charge in [-0.05, 0) is 54.4 Å². The van der Waals surface area contributed by atoms with Crippen molar-refractivity contribution < 1.29 is 8.42 Å². The van der Waals surface area contributed by atoms with E-state index < -0.39 is 21.1 Å². The molecule has 0 spiro atoms. The van der Waals surface area contributed by atoms with E-state index in [9.17, 15) is 18.0 Å². The van der Waals surface area contributed by atoms with Gasteiger partial charge in [-0.25, -0.2) is 8.42 Å². The zero-order chi connectivity index (χ0) is 23.3. The first-order chi connectivity index (χ1) is 15.7. The van der Waals surface area contributed by atoms with E-state index in [-0.39, 0.29) is 16.1 Å². The molecule has 2 aromatic heterocycles. The summed E-state index contributed by atoms with van der Waals surface area (Å²) in [6, 6.07) is 13.4. The molecule has 11 heteroatoms. The zero-order valence-corrected chi connectivity index (χ0v) is 18.6. The maximum atomic E-state index is 13.1. The SMILES string of the molecule is Cc1cc2[nH]c(=O)c(=O)[nH]c2cc1S(=O)(=O)Nc1ccc(-c2ccc3[nH]ncc3c2)c(Cl)c1. The van der Waals surface area contributed by atoms with Crippen LogP contribution in [0.1, 0.15) is 5.56 Å². The Bertz CT molecular complexity index is 1790. The number of nitrogens with one attached hydrogen (secondary N) is 4. The number of halogens is 1. The molecule has 0 saturated heterocycles. The Balaban J connectivity index is 1.50. The van der Waals surface area contributed by atoms with Gasteiger partial charge < -0.3 is 9.97 Å². The molecule has 0 fully saturated rings. The highest BCUT2D eigenvalue weighted by Crippen LogP contribution is 2.33.